The highest BCUT2D eigenvalue weighted by molar-refractivity contribution is 9.10. The molecule has 1 heterocycles. The van der Waals surface area contributed by atoms with Crippen molar-refractivity contribution < 1.29 is 4.74 Å². The average molecular weight is 228 g/mol. The number of benzene rings is 1. The number of ether oxygens (including phenoxy) is 1. The number of halogens is 1. The van der Waals surface area contributed by atoms with Gasteiger partial charge in [0.2, 0.25) is 0 Å². The van der Waals surface area contributed by atoms with E-state index in [0.717, 1.165) is 4.47 Å². The third kappa shape index (κ3) is 1.40. The van der Waals surface area contributed by atoms with Gasteiger partial charge in [0, 0.05) is 4.47 Å². The van der Waals surface area contributed by atoms with Crippen molar-refractivity contribution in [2.45, 2.75) is 12.6 Å². The lowest BCUT2D eigenvalue weighted by atomic mass is 10.0. The van der Waals surface area contributed by atoms with Gasteiger partial charge in [0.05, 0.1) is 19.3 Å². The molecule has 1 atom stereocenters. The molecule has 2 N–H and O–H groups in total. The summed E-state index contributed by atoms with van der Waals surface area (Å²) >= 11 is 3.41. The zero-order valence-electron chi connectivity index (χ0n) is 6.59. The van der Waals surface area contributed by atoms with Gasteiger partial charge in [-0.15, -0.1) is 0 Å². The van der Waals surface area contributed by atoms with E-state index in [4.69, 9.17) is 10.5 Å². The van der Waals surface area contributed by atoms with Gasteiger partial charge in [0.1, 0.15) is 0 Å². The predicted octanol–water partition coefficient (Wildman–Crippen LogP) is 1.98. The smallest absolute Gasteiger partial charge is 0.0721 e. The second-order valence-corrected chi connectivity index (χ2v) is 3.88. The summed E-state index contributed by atoms with van der Waals surface area (Å²) in [7, 11) is 0. The Morgan fingerprint density at radius 1 is 1.50 bits per heavy atom. The van der Waals surface area contributed by atoms with Crippen molar-refractivity contribution in [1.82, 2.24) is 0 Å². The maximum absolute atomic E-state index is 5.86. The first-order chi connectivity index (χ1) is 5.77. The van der Waals surface area contributed by atoms with Crippen LogP contribution in [0.3, 0.4) is 0 Å². The Morgan fingerprint density at radius 2 is 2.33 bits per heavy atom. The van der Waals surface area contributed by atoms with Crippen LogP contribution in [0, 0.1) is 0 Å². The highest BCUT2D eigenvalue weighted by Crippen LogP contribution is 2.25. The molecule has 64 valence electrons. The first kappa shape index (κ1) is 8.23. The largest absolute Gasteiger partial charge is 0.375 e. The summed E-state index contributed by atoms with van der Waals surface area (Å²) in [6.45, 7) is 1.32. The van der Waals surface area contributed by atoms with Crippen LogP contribution in [-0.2, 0) is 11.3 Å². The molecule has 1 aromatic carbocycles. The summed E-state index contributed by atoms with van der Waals surface area (Å²) < 4.78 is 6.40. The van der Waals surface area contributed by atoms with Gasteiger partial charge >= 0.3 is 0 Å². The minimum absolute atomic E-state index is 0.0434. The normalized spacial score (nSPS) is 22.0. The molecular formula is C9H10BrNO. The standard InChI is InChI=1S/C9H10BrNO/c10-7-1-2-8-6(3-7)4-12-5-9(8)11/h1-3,9H,4-5,11H2/t9-/m1/s1. The van der Waals surface area contributed by atoms with Crippen LogP contribution >= 0.6 is 15.9 Å². The van der Waals surface area contributed by atoms with Gasteiger partial charge in [-0.1, -0.05) is 22.0 Å². The summed E-state index contributed by atoms with van der Waals surface area (Å²) in [6.07, 6.45) is 0. The molecule has 0 bridgehead atoms. The van der Waals surface area contributed by atoms with Gasteiger partial charge < -0.3 is 10.5 Å². The summed E-state index contributed by atoms with van der Waals surface area (Å²) in [4.78, 5) is 0. The van der Waals surface area contributed by atoms with E-state index in [0.29, 0.717) is 13.2 Å². The molecule has 0 amide bonds. The fraction of sp³-hybridized carbons (Fsp3) is 0.333. The van der Waals surface area contributed by atoms with Gasteiger partial charge in [-0.05, 0) is 23.3 Å². The van der Waals surface area contributed by atoms with Crippen molar-refractivity contribution in [2.75, 3.05) is 6.61 Å². The molecule has 1 aliphatic rings. The highest BCUT2D eigenvalue weighted by atomic mass is 79.9. The van der Waals surface area contributed by atoms with Gasteiger partial charge in [0.15, 0.2) is 0 Å². The fourth-order valence-electron chi connectivity index (χ4n) is 1.45. The van der Waals surface area contributed by atoms with Crippen LogP contribution in [0.5, 0.6) is 0 Å². The summed E-state index contributed by atoms with van der Waals surface area (Å²) in [5.41, 5.74) is 8.27. The van der Waals surface area contributed by atoms with Crippen molar-refractivity contribution in [1.29, 1.82) is 0 Å². The molecule has 1 aromatic rings. The van der Waals surface area contributed by atoms with Crippen LogP contribution in [0.2, 0.25) is 0 Å². The zero-order valence-corrected chi connectivity index (χ0v) is 8.17. The van der Waals surface area contributed by atoms with E-state index in [1.165, 1.54) is 11.1 Å². The van der Waals surface area contributed by atoms with Crippen molar-refractivity contribution in [3.8, 4) is 0 Å². The van der Waals surface area contributed by atoms with Crippen LogP contribution < -0.4 is 5.73 Å². The van der Waals surface area contributed by atoms with Crippen LogP contribution in [0.25, 0.3) is 0 Å². The first-order valence-electron chi connectivity index (χ1n) is 3.89. The first-order valence-corrected chi connectivity index (χ1v) is 4.68. The Morgan fingerprint density at radius 3 is 3.17 bits per heavy atom. The average Bonchev–Trinajstić information content (AvgIpc) is 2.04. The van der Waals surface area contributed by atoms with Crippen LogP contribution in [0.4, 0.5) is 0 Å². The molecule has 0 saturated heterocycles. The minimum atomic E-state index is 0.0434. The lowest BCUT2D eigenvalue weighted by Gasteiger charge is -2.22. The van der Waals surface area contributed by atoms with E-state index in [2.05, 4.69) is 28.1 Å². The third-order valence-electron chi connectivity index (χ3n) is 2.06. The Bertz CT molecular complexity index is 301. The van der Waals surface area contributed by atoms with E-state index in [1.807, 2.05) is 6.07 Å². The second kappa shape index (κ2) is 3.17. The molecule has 0 saturated carbocycles. The molecule has 3 heteroatoms. The van der Waals surface area contributed by atoms with E-state index in [-0.39, 0.29) is 6.04 Å². The zero-order chi connectivity index (χ0) is 8.55. The van der Waals surface area contributed by atoms with Gasteiger partial charge in [-0.2, -0.15) is 0 Å². The van der Waals surface area contributed by atoms with E-state index >= 15 is 0 Å². The number of nitrogens with two attached hydrogens (primary N) is 1. The Labute approximate surface area is 79.8 Å². The Balaban J connectivity index is 2.46. The molecule has 2 rings (SSSR count). The maximum atomic E-state index is 5.86. The second-order valence-electron chi connectivity index (χ2n) is 2.96. The van der Waals surface area contributed by atoms with E-state index in [9.17, 15) is 0 Å². The van der Waals surface area contributed by atoms with Crippen molar-refractivity contribution >= 4 is 15.9 Å². The minimum Gasteiger partial charge on any atom is -0.375 e. The lowest BCUT2D eigenvalue weighted by molar-refractivity contribution is 0.0923. The van der Waals surface area contributed by atoms with Crippen molar-refractivity contribution in [3.63, 3.8) is 0 Å². The van der Waals surface area contributed by atoms with E-state index < -0.39 is 0 Å². The van der Waals surface area contributed by atoms with Crippen molar-refractivity contribution in [3.05, 3.63) is 33.8 Å². The molecule has 0 fully saturated rings. The number of fused-ring (bicyclic) bond motifs is 1. The predicted molar refractivity (Wildman–Crippen MR) is 50.7 cm³/mol. The highest BCUT2D eigenvalue weighted by Gasteiger charge is 2.16. The molecule has 0 aliphatic carbocycles. The Hall–Kier alpha value is -0.380. The number of hydrogen-bond donors (Lipinski definition) is 1. The van der Waals surface area contributed by atoms with Gasteiger partial charge in [-0.25, -0.2) is 0 Å². The molecule has 0 aromatic heterocycles. The molecule has 2 nitrogen and oxygen atoms in total. The molecular weight excluding hydrogens is 218 g/mol. The topological polar surface area (TPSA) is 35.2 Å². The van der Waals surface area contributed by atoms with Crippen molar-refractivity contribution in [2.24, 2.45) is 5.73 Å². The summed E-state index contributed by atoms with van der Waals surface area (Å²) in [5.74, 6) is 0. The number of hydrogen-bond acceptors (Lipinski definition) is 2. The Kier molecular flexibility index (Phi) is 2.17. The number of rotatable bonds is 0. The monoisotopic (exact) mass is 227 g/mol. The quantitative estimate of drug-likeness (QED) is 0.736. The molecule has 12 heavy (non-hydrogen) atoms. The van der Waals surface area contributed by atoms with Crippen LogP contribution in [0.15, 0.2) is 22.7 Å². The summed E-state index contributed by atoms with van der Waals surface area (Å²) in [5, 5.41) is 0. The summed E-state index contributed by atoms with van der Waals surface area (Å²) in [6, 6.07) is 6.19. The fourth-order valence-corrected chi connectivity index (χ4v) is 1.86. The van der Waals surface area contributed by atoms with Gasteiger partial charge in [0.25, 0.3) is 0 Å². The molecule has 0 radical (unpaired) electrons. The SMILES string of the molecule is N[C@@H]1COCc2cc(Br)ccc21. The lowest BCUT2D eigenvalue weighted by Crippen LogP contribution is -2.23. The van der Waals surface area contributed by atoms with Crippen LogP contribution in [-0.4, -0.2) is 6.61 Å². The third-order valence-corrected chi connectivity index (χ3v) is 2.55. The molecule has 0 unspecified atom stereocenters. The van der Waals surface area contributed by atoms with Gasteiger partial charge in [-0.3, -0.25) is 0 Å². The molecule has 0 spiro atoms. The maximum Gasteiger partial charge on any atom is 0.0721 e. The molecule has 1 aliphatic heterocycles. The van der Waals surface area contributed by atoms with E-state index in [1.54, 1.807) is 0 Å². The van der Waals surface area contributed by atoms with Crippen LogP contribution in [0.1, 0.15) is 17.2 Å².